The summed E-state index contributed by atoms with van der Waals surface area (Å²) in [7, 11) is 0. The van der Waals surface area contributed by atoms with Crippen LogP contribution in [-0.2, 0) is 11.2 Å². The molecule has 0 unspecified atom stereocenters. The van der Waals surface area contributed by atoms with E-state index in [4.69, 9.17) is 4.42 Å². The van der Waals surface area contributed by atoms with Crippen LogP contribution in [0.4, 0.5) is 0 Å². The smallest absolute Gasteiger partial charge is 0.244 e. The van der Waals surface area contributed by atoms with Crippen molar-refractivity contribution >= 4 is 12.0 Å². The normalized spacial score (nSPS) is 11.0. The van der Waals surface area contributed by atoms with Gasteiger partial charge >= 0.3 is 0 Å². The number of rotatable bonds is 6. The molecule has 1 aromatic carbocycles. The average Bonchev–Trinajstić information content (AvgIpc) is 3.26. The molecule has 0 aliphatic rings. The van der Waals surface area contributed by atoms with Gasteiger partial charge in [0.2, 0.25) is 5.91 Å². The largest absolute Gasteiger partial charge is 0.465 e. The average molecular weight is 307 g/mol. The minimum Gasteiger partial charge on any atom is -0.465 e. The van der Waals surface area contributed by atoms with Gasteiger partial charge < -0.3 is 9.73 Å². The van der Waals surface area contributed by atoms with Gasteiger partial charge in [0, 0.05) is 18.8 Å². The molecule has 5 nitrogen and oxygen atoms in total. The molecule has 0 aliphatic heterocycles. The molecule has 1 amide bonds. The van der Waals surface area contributed by atoms with E-state index in [0.717, 1.165) is 17.7 Å². The van der Waals surface area contributed by atoms with Crippen LogP contribution in [0, 0.1) is 0 Å². The Hall–Kier alpha value is -3.08. The lowest BCUT2D eigenvalue weighted by molar-refractivity contribution is -0.116. The minimum absolute atomic E-state index is 0.142. The zero-order valence-corrected chi connectivity index (χ0v) is 12.6. The number of nitrogens with one attached hydrogen (secondary N) is 1. The highest BCUT2D eigenvalue weighted by Crippen LogP contribution is 2.07. The number of hydrogen-bond acceptors (Lipinski definition) is 3. The fourth-order valence-electron chi connectivity index (χ4n) is 2.14. The molecule has 0 bridgehead atoms. The van der Waals surface area contributed by atoms with E-state index in [9.17, 15) is 4.79 Å². The third-order valence-electron chi connectivity index (χ3n) is 3.31. The molecule has 0 fully saturated rings. The lowest BCUT2D eigenvalue weighted by atomic mass is 10.2. The first kappa shape index (κ1) is 14.8. The van der Waals surface area contributed by atoms with Gasteiger partial charge in [-0.15, -0.1) is 0 Å². The molecule has 0 saturated heterocycles. The molecule has 5 heteroatoms. The summed E-state index contributed by atoms with van der Waals surface area (Å²) in [6.07, 6.45) is 9.20. The van der Waals surface area contributed by atoms with E-state index in [1.165, 1.54) is 6.08 Å². The van der Waals surface area contributed by atoms with Crippen LogP contribution in [0.3, 0.4) is 0 Å². The van der Waals surface area contributed by atoms with Crippen molar-refractivity contribution < 1.29 is 9.21 Å². The number of carbonyl (C=O) groups excluding carboxylic acids is 1. The molecule has 23 heavy (non-hydrogen) atoms. The maximum absolute atomic E-state index is 11.7. The molecule has 2 aromatic heterocycles. The second-order valence-electron chi connectivity index (χ2n) is 5.02. The Labute approximate surface area is 134 Å². The van der Waals surface area contributed by atoms with Crippen molar-refractivity contribution in [2.75, 3.05) is 6.54 Å². The van der Waals surface area contributed by atoms with E-state index in [0.29, 0.717) is 12.3 Å². The highest BCUT2D eigenvalue weighted by Gasteiger charge is 2.01. The first-order chi connectivity index (χ1) is 11.3. The van der Waals surface area contributed by atoms with E-state index < -0.39 is 0 Å². The molecule has 0 aliphatic carbocycles. The van der Waals surface area contributed by atoms with E-state index in [1.54, 1.807) is 24.5 Å². The Morgan fingerprint density at radius 1 is 1.22 bits per heavy atom. The topological polar surface area (TPSA) is 60.1 Å². The summed E-state index contributed by atoms with van der Waals surface area (Å²) in [6, 6.07) is 13.5. The van der Waals surface area contributed by atoms with Gasteiger partial charge in [0.15, 0.2) is 0 Å². The fourth-order valence-corrected chi connectivity index (χ4v) is 2.14. The quantitative estimate of drug-likeness (QED) is 0.712. The minimum atomic E-state index is -0.142. The molecule has 116 valence electrons. The van der Waals surface area contributed by atoms with Gasteiger partial charge in [-0.1, -0.05) is 18.2 Å². The highest BCUT2D eigenvalue weighted by molar-refractivity contribution is 5.91. The number of amides is 1. The van der Waals surface area contributed by atoms with Crippen molar-refractivity contribution in [3.05, 3.63) is 78.5 Å². The van der Waals surface area contributed by atoms with Crippen LogP contribution in [0.2, 0.25) is 0 Å². The number of furan rings is 1. The van der Waals surface area contributed by atoms with Crippen molar-refractivity contribution in [1.29, 1.82) is 0 Å². The lowest BCUT2D eigenvalue weighted by Crippen LogP contribution is -2.23. The van der Waals surface area contributed by atoms with Crippen molar-refractivity contribution in [3.63, 3.8) is 0 Å². The Morgan fingerprint density at radius 2 is 2.09 bits per heavy atom. The summed E-state index contributed by atoms with van der Waals surface area (Å²) in [4.78, 5) is 11.7. The lowest BCUT2D eigenvalue weighted by Gasteiger charge is -2.01. The standard InChI is InChI=1S/C18H17N3O2/c22-18(9-8-17-7-4-12-23-17)19-11-10-15-13-20-21(14-15)16-5-2-1-3-6-16/h1-9,12-14H,10-11H2,(H,19,22)/b9-8+. The van der Waals surface area contributed by atoms with Crippen LogP contribution in [0.25, 0.3) is 11.8 Å². The Bertz CT molecular complexity index is 774. The molecule has 3 aromatic rings. The second kappa shape index (κ2) is 7.26. The van der Waals surface area contributed by atoms with Gasteiger partial charge in [0.25, 0.3) is 0 Å². The van der Waals surface area contributed by atoms with Crippen molar-refractivity contribution in [1.82, 2.24) is 15.1 Å². The van der Waals surface area contributed by atoms with Crippen LogP contribution in [0.15, 0.2) is 71.6 Å². The Balaban J connectivity index is 1.48. The van der Waals surface area contributed by atoms with E-state index in [2.05, 4.69) is 10.4 Å². The van der Waals surface area contributed by atoms with Crippen molar-refractivity contribution in [3.8, 4) is 5.69 Å². The van der Waals surface area contributed by atoms with Gasteiger partial charge in [-0.25, -0.2) is 4.68 Å². The molecule has 2 heterocycles. The van der Waals surface area contributed by atoms with E-state index in [1.807, 2.05) is 47.4 Å². The van der Waals surface area contributed by atoms with Gasteiger partial charge in [-0.3, -0.25) is 4.79 Å². The Kier molecular flexibility index (Phi) is 4.69. The fraction of sp³-hybridized carbons (Fsp3) is 0.111. The maximum atomic E-state index is 11.7. The van der Waals surface area contributed by atoms with Crippen LogP contribution in [0.1, 0.15) is 11.3 Å². The van der Waals surface area contributed by atoms with E-state index in [-0.39, 0.29) is 5.91 Å². The summed E-state index contributed by atoms with van der Waals surface area (Å²) < 4.78 is 6.95. The molecule has 0 saturated carbocycles. The molecule has 1 N–H and O–H groups in total. The number of para-hydroxylation sites is 1. The number of carbonyl (C=O) groups is 1. The summed E-state index contributed by atoms with van der Waals surface area (Å²) in [5.41, 5.74) is 2.09. The molecule has 0 atom stereocenters. The summed E-state index contributed by atoms with van der Waals surface area (Å²) >= 11 is 0. The SMILES string of the molecule is O=C(/C=C/c1ccco1)NCCc1cnn(-c2ccccc2)c1. The predicted octanol–water partition coefficient (Wildman–Crippen LogP) is 2.84. The monoisotopic (exact) mass is 307 g/mol. The van der Waals surface area contributed by atoms with Crippen molar-refractivity contribution in [2.24, 2.45) is 0 Å². The van der Waals surface area contributed by atoms with E-state index >= 15 is 0 Å². The zero-order chi connectivity index (χ0) is 15.9. The van der Waals surface area contributed by atoms with Crippen LogP contribution >= 0.6 is 0 Å². The number of hydrogen-bond donors (Lipinski definition) is 1. The summed E-state index contributed by atoms with van der Waals surface area (Å²) in [5, 5.41) is 7.17. The molecule has 3 rings (SSSR count). The van der Waals surface area contributed by atoms with Gasteiger partial charge in [0.1, 0.15) is 5.76 Å². The Morgan fingerprint density at radius 3 is 2.87 bits per heavy atom. The summed E-state index contributed by atoms with van der Waals surface area (Å²) in [6.45, 7) is 0.557. The van der Waals surface area contributed by atoms with Gasteiger partial charge in [0.05, 0.1) is 18.1 Å². The number of aromatic nitrogens is 2. The maximum Gasteiger partial charge on any atom is 0.244 e. The van der Waals surface area contributed by atoms with Gasteiger partial charge in [-0.2, -0.15) is 5.10 Å². The predicted molar refractivity (Wildman–Crippen MR) is 88.0 cm³/mol. The van der Waals surface area contributed by atoms with Gasteiger partial charge in [-0.05, 0) is 42.3 Å². The number of nitrogens with zero attached hydrogens (tertiary/aromatic N) is 2. The van der Waals surface area contributed by atoms with Crippen molar-refractivity contribution in [2.45, 2.75) is 6.42 Å². The second-order valence-corrected chi connectivity index (χ2v) is 5.02. The zero-order valence-electron chi connectivity index (χ0n) is 12.6. The molecule has 0 spiro atoms. The third kappa shape index (κ3) is 4.20. The van der Waals surface area contributed by atoms with Crippen LogP contribution in [0.5, 0.6) is 0 Å². The third-order valence-corrected chi connectivity index (χ3v) is 3.31. The molecule has 0 radical (unpaired) electrons. The molecular formula is C18H17N3O2. The highest BCUT2D eigenvalue weighted by atomic mass is 16.3. The van der Waals surface area contributed by atoms with Crippen LogP contribution < -0.4 is 5.32 Å². The first-order valence-corrected chi connectivity index (χ1v) is 7.40. The molecular weight excluding hydrogens is 290 g/mol. The first-order valence-electron chi connectivity index (χ1n) is 7.40. The van der Waals surface area contributed by atoms with Crippen LogP contribution in [-0.4, -0.2) is 22.2 Å². The summed E-state index contributed by atoms with van der Waals surface area (Å²) in [5.74, 6) is 0.515. The number of benzene rings is 1.